The highest BCUT2D eigenvalue weighted by atomic mass is 16.6. The second-order valence-electron chi connectivity index (χ2n) is 6.87. The molecule has 0 saturated carbocycles. The maximum absolute atomic E-state index is 11.2. The molecule has 0 unspecified atom stereocenters. The number of benzene rings is 2. The molecule has 0 bridgehead atoms. The Morgan fingerprint density at radius 2 is 1.92 bits per heavy atom. The molecular formula is C20H20N2O2. The lowest BCUT2D eigenvalue weighted by Crippen LogP contribution is -2.29. The Hall–Kier alpha value is -2.62. The molecule has 0 radical (unpaired) electrons. The molecule has 4 rings (SSSR count). The SMILES string of the molecule is Cc1ccc([C@@H]2Nc3c(C)cc([N+](=O)[O-])cc3[C@@H]3C=CC[C@H]32)cc1. The van der Waals surface area contributed by atoms with Crippen LogP contribution in [-0.4, -0.2) is 4.92 Å². The lowest BCUT2D eigenvalue weighted by atomic mass is 9.76. The summed E-state index contributed by atoms with van der Waals surface area (Å²) in [5.74, 6) is 0.646. The van der Waals surface area contributed by atoms with E-state index in [0.717, 1.165) is 23.2 Å². The van der Waals surface area contributed by atoms with E-state index in [-0.39, 0.29) is 22.6 Å². The molecule has 3 atom stereocenters. The summed E-state index contributed by atoms with van der Waals surface area (Å²) in [6.45, 7) is 4.04. The van der Waals surface area contributed by atoms with Crippen molar-refractivity contribution in [3.05, 3.63) is 80.9 Å². The number of nitrogens with zero attached hydrogens (tertiary/aromatic N) is 1. The van der Waals surface area contributed by atoms with Gasteiger partial charge in [0.05, 0.1) is 11.0 Å². The van der Waals surface area contributed by atoms with E-state index in [9.17, 15) is 10.1 Å². The van der Waals surface area contributed by atoms with Crippen molar-refractivity contribution < 1.29 is 4.92 Å². The number of nitrogens with one attached hydrogen (secondary N) is 1. The van der Waals surface area contributed by atoms with Crippen LogP contribution < -0.4 is 5.32 Å². The van der Waals surface area contributed by atoms with Crippen LogP contribution in [0.2, 0.25) is 0 Å². The Balaban J connectivity index is 1.82. The summed E-state index contributed by atoms with van der Waals surface area (Å²) < 4.78 is 0. The summed E-state index contributed by atoms with van der Waals surface area (Å²) in [7, 11) is 0. The molecule has 0 spiro atoms. The van der Waals surface area contributed by atoms with E-state index < -0.39 is 0 Å². The Morgan fingerprint density at radius 1 is 1.17 bits per heavy atom. The smallest absolute Gasteiger partial charge is 0.270 e. The number of anilines is 1. The van der Waals surface area contributed by atoms with Gasteiger partial charge < -0.3 is 5.32 Å². The summed E-state index contributed by atoms with van der Waals surface area (Å²) in [4.78, 5) is 10.9. The molecule has 122 valence electrons. The van der Waals surface area contributed by atoms with Gasteiger partial charge in [-0.1, -0.05) is 42.0 Å². The van der Waals surface area contributed by atoms with Crippen LogP contribution in [0, 0.1) is 29.9 Å². The summed E-state index contributed by atoms with van der Waals surface area (Å²) in [5.41, 5.74) is 5.77. The molecule has 0 aromatic heterocycles. The van der Waals surface area contributed by atoms with Gasteiger partial charge in [-0.05, 0) is 42.9 Å². The zero-order valence-corrected chi connectivity index (χ0v) is 13.8. The monoisotopic (exact) mass is 320 g/mol. The first-order chi connectivity index (χ1) is 11.5. The standard InChI is InChI=1S/C20H20N2O2/c1-12-6-8-14(9-7-12)20-17-5-3-4-16(17)18-11-15(22(23)24)10-13(2)19(18)21-20/h3-4,6-11,16-17,20-21H,5H2,1-2H3/t16-,17-,20+/m1/s1. The maximum atomic E-state index is 11.2. The van der Waals surface area contributed by atoms with Crippen molar-refractivity contribution in [2.75, 3.05) is 5.32 Å². The number of hydrogen-bond donors (Lipinski definition) is 1. The summed E-state index contributed by atoms with van der Waals surface area (Å²) in [5, 5.41) is 14.9. The van der Waals surface area contributed by atoms with Crippen LogP contribution in [0.3, 0.4) is 0 Å². The minimum atomic E-state index is -0.299. The molecular weight excluding hydrogens is 300 g/mol. The number of nitro benzene ring substituents is 1. The van der Waals surface area contributed by atoms with Crippen LogP contribution in [0.1, 0.15) is 40.6 Å². The van der Waals surface area contributed by atoms with Gasteiger partial charge in [0.2, 0.25) is 0 Å². The first kappa shape index (κ1) is 14.9. The number of allylic oxidation sites excluding steroid dienone is 2. The van der Waals surface area contributed by atoms with Crippen molar-refractivity contribution in [3.63, 3.8) is 0 Å². The topological polar surface area (TPSA) is 55.2 Å². The summed E-state index contributed by atoms with van der Waals surface area (Å²) in [6.07, 6.45) is 5.42. The van der Waals surface area contributed by atoms with Gasteiger partial charge in [0, 0.05) is 23.7 Å². The van der Waals surface area contributed by atoms with E-state index in [1.165, 1.54) is 11.1 Å². The fraction of sp³-hybridized carbons (Fsp3) is 0.300. The van der Waals surface area contributed by atoms with E-state index >= 15 is 0 Å². The average molecular weight is 320 g/mol. The predicted molar refractivity (Wildman–Crippen MR) is 95.4 cm³/mol. The number of aryl methyl sites for hydroxylation is 2. The number of rotatable bonds is 2. The zero-order valence-electron chi connectivity index (χ0n) is 13.8. The number of non-ortho nitro benzene ring substituents is 1. The highest BCUT2D eigenvalue weighted by molar-refractivity contribution is 5.67. The summed E-state index contributed by atoms with van der Waals surface area (Å²) >= 11 is 0. The van der Waals surface area contributed by atoms with Crippen molar-refractivity contribution in [1.29, 1.82) is 0 Å². The Kier molecular flexibility index (Phi) is 3.41. The lowest BCUT2D eigenvalue weighted by Gasteiger charge is -2.38. The molecule has 2 aliphatic rings. The minimum absolute atomic E-state index is 0.181. The molecule has 1 N–H and O–H groups in total. The molecule has 0 fully saturated rings. The normalized spacial score (nSPS) is 24.2. The van der Waals surface area contributed by atoms with Gasteiger partial charge in [-0.15, -0.1) is 0 Å². The molecule has 2 aromatic rings. The van der Waals surface area contributed by atoms with Crippen molar-refractivity contribution in [1.82, 2.24) is 0 Å². The van der Waals surface area contributed by atoms with Gasteiger partial charge in [0.1, 0.15) is 0 Å². The van der Waals surface area contributed by atoms with E-state index in [1.54, 1.807) is 12.1 Å². The first-order valence-electron chi connectivity index (χ1n) is 8.33. The fourth-order valence-electron chi connectivity index (χ4n) is 4.08. The van der Waals surface area contributed by atoms with Crippen molar-refractivity contribution in [2.45, 2.75) is 32.2 Å². The minimum Gasteiger partial charge on any atom is -0.377 e. The molecule has 1 aliphatic carbocycles. The molecule has 2 aromatic carbocycles. The third-order valence-corrected chi connectivity index (χ3v) is 5.30. The second-order valence-corrected chi connectivity index (χ2v) is 6.87. The Bertz CT molecular complexity index is 839. The molecule has 24 heavy (non-hydrogen) atoms. The predicted octanol–water partition coefficient (Wildman–Crippen LogP) is 5.04. The van der Waals surface area contributed by atoms with Gasteiger partial charge >= 0.3 is 0 Å². The third-order valence-electron chi connectivity index (χ3n) is 5.30. The number of fused-ring (bicyclic) bond motifs is 3. The molecule has 1 heterocycles. The highest BCUT2D eigenvalue weighted by Crippen LogP contribution is 2.51. The van der Waals surface area contributed by atoms with Gasteiger partial charge in [-0.3, -0.25) is 10.1 Å². The van der Waals surface area contributed by atoms with Crippen LogP contribution in [0.15, 0.2) is 48.6 Å². The third kappa shape index (κ3) is 2.30. The highest BCUT2D eigenvalue weighted by Gasteiger charge is 2.39. The first-order valence-corrected chi connectivity index (χ1v) is 8.33. The molecule has 0 amide bonds. The quantitative estimate of drug-likeness (QED) is 0.479. The molecule has 0 saturated heterocycles. The van der Waals surface area contributed by atoms with Crippen molar-refractivity contribution in [3.8, 4) is 0 Å². The van der Waals surface area contributed by atoms with Crippen molar-refractivity contribution in [2.24, 2.45) is 5.92 Å². The van der Waals surface area contributed by atoms with Gasteiger partial charge in [-0.25, -0.2) is 0 Å². The van der Waals surface area contributed by atoms with E-state index in [4.69, 9.17) is 0 Å². The van der Waals surface area contributed by atoms with Crippen LogP contribution >= 0.6 is 0 Å². The van der Waals surface area contributed by atoms with E-state index in [0.29, 0.717) is 5.92 Å². The fourth-order valence-corrected chi connectivity index (χ4v) is 4.08. The maximum Gasteiger partial charge on any atom is 0.270 e. The largest absolute Gasteiger partial charge is 0.377 e. The summed E-state index contributed by atoms with van der Waals surface area (Å²) in [6, 6.07) is 12.3. The van der Waals surface area contributed by atoms with E-state index in [1.807, 2.05) is 6.92 Å². The van der Waals surface area contributed by atoms with Gasteiger partial charge in [0.25, 0.3) is 5.69 Å². The molecule has 4 nitrogen and oxygen atoms in total. The van der Waals surface area contributed by atoms with Gasteiger partial charge in [0.15, 0.2) is 0 Å². The van der Waals surface area contributed by atoms with Crippen LogP contribution in [0.25, 0.3) is 0 Å². The molecule has 1 aliphatic heterocycles. The average Bonchev–Trinajstić information content (AvgIpc) is 3.05. The van der Waals surface area contributed by atoms with Crippen molar-refractivity contribution >= 4 is 11.4 Å². The Labute approximate surface area is 141 Å². The van der Waals surface area contributed by atoms with Crippen LogP contribution in [0.4, 0.5) is 11.4 Å². The molecule has 4 heteroatoms. The number of nitro groups is 1. The number of hydrogen-bond acceptors (Lipinski definition) is 3. The van der Waals surface area contributed by atoms with E-state index in [2.05, 4.69) is 48.7 Å². The van der Waals surface area contributed by atoms with Gasteiger partial charge in [-0.2, -0.15) is 0 Å². The lowest BCUT2D eigenvalue weighted by molar-refractivity contribution is -0.385. The zero-order chi connectivity index (χ0) is 16.8. The second kappa shape index (κ2) is 5.48. The van der Waals surface area contributed by atoms with Crippen LogP contribution in [0.5, 0.6) is 0 Å². The van der Waals surface area contributed by atoms with Crippen LogP contribution in [-0.2, 0) is 0 Å². The Morgan fingerprint density at radius 3 is 2.62 bits per heavy atom.